The van der Waals surface area contributed by atoms with Crippen LogP contribution in [0.5, 0.6) is 0 Å². The van der Waals surface area contributed by atoms with Gasteiger partial charge in [-0.2, -0.15) is 4.98 Å². The van der Waals surface area contributed by atoms with Crippen molar-refractivity contribution >= 4 is 17.6 Å². The van der Waals surface area contributed by atoms with Crippen LogP contribution in [0.2, 0.25) is 0 Å². The van der Waals surface area contributed by atoms with Gasteiger partial charge in [-0.05, 0) is 37.6 Å². The Hall–Kier alpha value is -3.68. The third-order valence-electron chi connectivity index (χ3n) is 6.54. The second-order valence-corrected chi connectivity index (χ2v) is 8.68. The van der Waals surface area contributed by atoms with Gasteiger partial charge in [0.2, 0.25) is 5.89 Å². The minimum absolute atomic E-state index is 0.0117. The van der Waals surface area contributed by atoms with Gasteiger partial charge in [-0.1, -0.05) is 41.6 Å². The fourth-order valence-corrected chi connectivity index (χ4v) is 4.85. The molecule has 5 rings (SSSR count). The number of anilines is 1. The zero-order valence-corrected chi connectivity index (χ0v) is 18.1. The van der Waals surface area contributed by atoms with Crippen LogP contribution in [-0.4, -0.2) is 58.1 Å². The summed E-state index contributed by atoms with van der Waals surface area (Å²) < 4.78 is 5.59. The Balaban J connectivity index is 1.40. The number of carbonyl (C=O) groups is 2. The van der Waals surface area contributed by atoms with Crippen LogP contribution in [0.25, 0.3) is 0 Å². The average Bonchev–Trinajstić information content (AvgIpc) is 3.48. The number of amides is 3. The van der Waals surface area contributed by atoms with E-state index in [-0.39, 0.29) is 17.9 Å². The minimum Gasteiger partial charge on any atom is -0.339 e. The summed E-state index contributed by atoms with van der Waals surface area (Å²) in [5.41, 5.74) is 1.87. The maximum absolute atomic E-state index is 13.1. The van der Waals surface area contributed by atoms with E-state index in [0.29, 0.717) is 43.5 Å². The molecule has 3 amide bonds. The van der Waals surface area contributed by atoms with Crippen molar-refractivity contribution in [3.05, 3.63) is 77.4 Å². The van der Waals surface area contributed by atoms with Crippen LogP contribution in [0.4, 0.5) is 10.5 Å². The second-order valence-electron chi connectivity index (χ2n) is 8.68. The highest BCUT2D eigenvalue weighted by atomic mass is 16.5. The van der Waals surface area contributed by atoms with Gasteiger partial charge in [0, 0.05) is 43.3 Å². The van der Waals surface area contributed by atoms with Gasteiger partial charge in [0.25, 0.3) is 5.91 Å². The summed E-state index contributed by atoms with van der Waals surface area (Å²) in [5, 5.41) is 7.00. The number of benzene rings is 2. The molecule has 164 valence electrons. The Morgan fingerprint density at radius 2 is 1.69 bits per heavy atom. The quantitative estimate of drug-likeness (QED) is 0.687. The number of aromatic nitrogens is 2. The summed E-state index contributed by atoms with van der Waals surface area (Å²) in [4.78, 5) is 34.3. The van der Waals surface area contributed by atoms with E-state index in [1.54, 1.807) is 11.8 Å². The number of aryl methyl sites for hydroxylation is 2. The van der Waals surface area contributed by atoms with Crippen molar-refractivity contribution < 1.29 is 14.1 Å². The fourth-order valence-electron chi connectivity index (χ4n) is 4.85. The predicted octanol–water partition coefficient (Wildman–Crippen LogP) is 3.24. The standard InChI is InChI=1S/C24H25N5O3/c1-16-8-6-7-11-20(16)26-23(31)29-13-19-12-28(21(30)18-9-4-3-5-10-18)14-24(19,15-29)22-25-17(2)27-32-22/h3-11,19H,12-15H2,1-2H3,(H,26,31)/t19-,24-/m1/s1. The van der Waals surface area contributed by atoms with Crippen LogP contribution < -0.4 is 5.32 Å². The highest BCUT2D eigenvalue weighted by Gasteiger charge is 2.58. The Kier molecular flexibility index (Phi) is 4.92. The number of carbonyl (C=O) groups excluding carboxylic acids is 2. The molecule has 3 aromatic rings. The average molecular weight is 431 g/mol. The molecule has 0 saturated carbocycles. The largest absolute Gasteiger partial charge is 0.339 e. The molecule has 3 heterocycles. The van der Waals surface area contributed by atoms with Crippen LogP contribution in [0.3, 0.4) is 0 Å². The van der Waals surface area contributed by atoms with Gasteiger partial charge < -0.3 is 19.6 Å². The molecule has 0 aliphatic carbocycles. The summed E-state index contributed by atoms with van der Waals surface area (Å²) in [6.07, 6.45) is 0. The van der Waals surface area contributed by atoms with E-state index in [1.165, 1.54) is 0 Å². The molecule has 0 bridgehead atoms. The number of para-hydroxylation sites is 1. The van der Waals surface area contributed by atoms with Gasteiger partial charge in [0.05, 0.1) is 5.41 Å². The molecule has 2 aliphatic rings. The number of hydrogen-bond donors (Lipinski definition) is 1. The predicted molar refractivity (Wildman–Crippen MR) is 118 cm³/mol. The van der Waals surface area contributed by atoms with Crippen molar-refractivity contribution in [2.45, 2.75) is 19.3 Å². The van der Waals surface area contributed by atoms with E-state index in [9.17, 15) is 9.59 Å². The minimum atomic E-state index is -0.575. The molecule has 1 N–H and O–H groups in total. The first-order chi connectivity index (χ1) is 15.5. The van der Waals surface area contributed by atoms with E-state index in [0.717, 1.165) is 11.3 Å². The number of hydrogen-bond acceptors (Lipinski definition) is 5. The van der Waals surface area contributed by atoms with Gasteiger partial charge in [-0.3, -0.25) is 4.79 Å². The van der Waals surface area contributed by atoms with E-state index >= 15 is 0 Å². The Morgan fingerprint density at radius 3 is 2.41 bits per heavy atom. The third kappa shape index (κ3) is 3.41. The van der Waals surface area contributed by atoms with Crippen molar-refractivity contribution in [1.82, 2.24) is 19.9 Å². The smallest absolute Gasteiger partial charge is 0.321 e. The molecule has 0 spiro atoms. The summed E-state index contributed by atoms with van der Waals surface area (Å²) in [5.74, 6) is 1.03. The van der Waals surface area contributed by atoms with Crippen molar-refractivity contribution in [2.75, 3.05) is 31.5 Å². The van der Waals surface area contributed by atoms with Gasteiger partial charge in [-0.25, -0.2) is 4.79 Å². The number of likely N-dealkylation sites (tertiary alicyclic amines) is 2. The summed E-state index contributed by atoms with van der Waals surface area (Å²) in [6, 6.07) is 16.8. The van der Waals surface area contributed by atoms with Crippen LogP contribution in [-0.2, 0) is 5.41 Å². The molecule has 2 saturated heterocycles. The Bertz CT molecular complexity index is 1160. The normalized spacial score (nSPS) is 22.1. The molecule has 2 aromatic carbocycles. The van der Waals surface area contributed by atoms with Crippen molar-refractivity contribution in [3.8, 4) is 0 Å². The molecule has 1 aromatic heterocycles. The molecular weight excluding hydrogens is 406 g/mol. The maximum Gasteiger partial charge on any atom is 0.321 e. The summed E-state index contributed by atoms with van der Waals surface area (Å²) in [6.45, 7) is 5.62. The fraction of sp³-hybridized carbons (Fsp3) is 0.333. The number of nitrogens with zero attached hydrogens (tertiary/aromatic N) is 4. The van der Waals surface area contributed by atoms with Gasteiger partial charge in [0.1, 0.15) is 0 Å². The van der Waals surface area contributed by atoms with Crippen molar-refractivity contribution in [2.24, 2.45) is 5.92 Å². The molecule has 8 nitrogen and oxygen atoms in total. The molecular formula is C24H25N5O3. The first kappa shape index (κ1) is 20.2. The van der Waals surface area contributed by atoms with Gasteiger partial charge >= 0.3 is 6.03 Å². The van der Waals surface area contributed by atoms with E-state index < -0.39 is 5.41 Å². The molecule has 0 radical (unpaired) electrons. The van der Waals surface area contributed by atoms with E-state index in [2.05, 4.69) is 15.5 Å². The number of urea groups is 1. The third-order valence-corrected chi connectivity index (χ3v) is 6.54. The molecule has 2 atom stereocenters. The molecule has 32 heavy (non-hydrogen) atoms. The van der Waals surface area contributed by atoms with Crippen LogP contribution in [0.1, 0.15) is 27.6 Å². The first-order valence-corrected chi connectivity index (χ1v) is 10.7. The topological polar surface area (TPSA) is 91.6 Å². The molecule has 0 unspecified atom stereocenters. The molecule has 8 heteroatoms. The zero-order chi connectivity index (χ0) is 22.3. The monoisotopic (exact) mass is 431 g/mol. The number of rotatable bonds is 3. The Labute approximate surface area is 186 Å². The number of fused-ring (bicyclic) bond motifs is 1. The lowest BCUT2D eigenvalue weighted by molar-refractivity contribution is 0.0770. The van der Waals surface area contributed by atoms with Crippen LogP contribution in [0.15, 0.2) is 59.1 Å². The lowest BCUT2D eigenvalue weighted by Crippen LogP contribution is -2.42. The van der Waals surface area contributed by atoms with Gasteiger partial charge in [0.15, 0.2) is 5.82 Å². The lowest BCUT2D eigenvalue weighted by atomic mass is 9.81. The highest BCUT2D eigenvalue weighted by molar-refractivity contribution is 5.95. The second kappa shape index (κ2) is 7.78. The maximum atomic E-state index is 13.1. The SMILES string of the molecule is Cc1noc([C@]23CN(C(=O)Nc4ccccc4C)C[C@H]2CN(C(=O)c2ccccc2)C3)n1. The van der Waals surface area contributed by atoms with Crippen LogP contribution in [0, 0.1) is 19.8 Å². The Morgan fingerprint density at radius 1 is 1.00 bits per heavy atom. The highest BCUT2D eigenvalue weighted by Crippen LogP contribution is 2.44. The first-order valence-electron chi connectivity index (χ1n) is 10.7. The lowest BCUT2D eigenvalue weighted by Gasteiger charge is -2.26. The molecule has 2 aliphatic heterocycles. The van der Waals surface area contributed by atoms with E-state index in [1.807, 2.05) is 66.4 Å². The van der Waals surface area contributed by atoms with Crippen molar-refractivity contribution in [1.29, 1.82) is 0 Å². The van der Waals surface area contributed by atoms with Crippen molar-refractivity contribution in [3.63, 3.8) is 0 Å². The van der Waals surface area contributed by atoms with Gasteiger partial charge in [-0.15, -0.1) is 0 Å². The zero-order valence-electron chi connectivity index (χ0n) is 18.1. The van der Waals surface area contributed by atoms with Crippen LogP contribution >= 0.6 is 0 Å². The number of nitrogens with one attached hydrogen (secondary N) is 1. The summed E-state index contributed by atoms with van der Waals surface area (Å²) >= 11 is 0. The summed E-state index contributed by atoms with van der Waals surface area (Å²) in [7, 11) is 0. The molecule has 2 fully saturated rings. The van der Waals surface area contributed by atoms with E-state index in [4.69, 9.17) is 4.52 Å².